The SMILES string of the molecule is CN(C)c1nc(Cl)nc(NCCc2nccs2)n1. The van der Waals surface area contributed by atoms with Crippen LogP contribution in [0.3, 0.4) is 0 Å². The van der Waals surface area contributed by atoms with Crippen LogP contribution in [0.5, 0.6) is 0 Å². The Balaban J connectivity index is 1.96. The molecule has 2 heterocycles. The molecule has 0 aliphatic rings. The van der Waals surface area contributed by atoms with Gasteiger partial charge in [0.25, 0.3) is 0 Å². The number of hydrogen-bond donors (Lipinski definition) is 1. The average molecular weight is 285 g/mol. The lowest BCUT2D eigenvalue weighted by atomic mass is 10.4. The Morgan fingerprint density at radius 3 is 2.83 bits per heavy atom. The molecule has 0 aliphatic heterocycles. The van der Waals surface area contributed by atoms with Gasteiger partial charge in [-0.3, -0.25) is 0 Å². The fraction of sp³-hybridized carbons (Fsp3) is 0.400. The van der Waals surface area contributed by atoms with Crippen molar-refractivity contribution in [2.75, 3.05) is 30.9 Å². The molecule has 6 nitrogen and oxygen atoms in total. The summed E-state index contributed by atoms with van der Waals surface area (Å²) in [5.41, 5.74) is 0. The minimum absolute atomic E-state index is 0.186. The highest BCUT2D eigenvalue weighted by atomic mass is 35.5. The zero-order valence-corrected chi connectivity index (χ0v) is 11.7. The average Bonchev–Trinajstić information content (AvgIpc) is 2.81. The van der Waals surface area contributed by atoms with Crippen molar-refractivity contribution in [2.24, 2.45) is 0 Å². The van der Waals surface area contributed by atoms with Crippen LogP contribution in [0, 0.1) is 0 Å². The van der Waals surface area contributed by atoms with Crippen LogP contribution < -0.4 is 10.2 Å². The molecule has 8 heteroatoms. The monoisotopic (exact) mass is 284 g/mol. The lowest BCUT2D eigenvalue weighted by molar-refractivity contribution is 0.924. The highest BCUT2D eigenvalue weighted by Crippen LogP contribution is 2.11. The predicted molar refractivity (Wildman–Crippen MR) is 73.5 cm³/mol. The standard InChI is InChI=1S/C10H13ClN6S/c1-17(2)10-15-8(11)14-9(16-10)13-4-3-7-12-5-6-18-7/h5-6H,3-4H2,1-2H3,(H,13,14,15,16). The molecule has 0 atom stereocenters. The van der Waals surface area contributed by atoms with Gasteiger partial charge in [-0.2, -0.15) is 15.0 Å². The Hall–Kier alpha value is -1.47. The second kappa shape index (κ2) is 5.92. The van der Waals surface area contributed by atoms with Gasteiger partial charge in [-0.1, -0.05) is 0 Å². The molecule has 0 aromatic carbocycles. The summed E-state index contributed by atoms with van der Waals surface area (Å²) >= 11 is 7.46. The predicted octanol–water partition coefficient (Wildman–Crippen LogP) is 1.70. The molecule has 0 unspecified atom stereocenters. The van der Waals surface area contributed by atoms with Crippen molar-refractivity contribution in [1.82, 2.24) is 19.9 Å². The maximum Gasteiger partial charge on any atom is 0.230 e. The summed E-state index contributed by atoms with van der Waals surface area (Å²) in [6, 6.07) is 0. The first-order valence-electron chi connectivity index (χ1n) is 5.36. The fourth-order valence-electron chi connectivity index (χ4n) is 1.28. The van der Waals surface area contributed by atoms with Crippen molar-refractivity contribution >= 4 is 34.8 Å². The largest absolute Gasteiger partial charge is 0.354 e. The summed E-state index contributed by atoms with van der Waals surface area (Å²) in [6.45, 7) is 0.709. The molecule has 0 saturated carbocycles. The van der Waals surface area contributed by atoms with Crippen LogP contribution in [-0.4, -0.2) is 40.6 Å². The number of anilines is 2. The fourth-order valence-corrected chi connectivity index (χ4v) is 2.05. The summed E-state index contributed by atoms with van der Waals surface area (Å²) < 4.78 is 0. The summed E-state index contributed by atoms with van der Waals surface area (Å²) in [5.74, 6) is 1.02. The van der Waals surface area contributed by atoms with E-state index in [4.69, 9.17) is 11.6 Å². The summed E-state index contributed by atoms with van der Waals surface area (Å²) in [4.78, 5) is 18.3. The molecule has 96 valence electrons. The van der Waals surface area contributed by atoms with Gasteiger partial charge in [-0.25, -0.2) is 4.98 Å². The Kier molecular flexibility index (Phi) is 4.27. The molecule has 0 aliphatic carbocycles. The van der Waals surface area contributed by atoms with E-state index in [1.54, 1.807) is 22.4 Å². The Labute approximate surface area is 114 Å². The van der Waals surface area contributed by atoms with Gasteiger partial charge < -0.3 is 10.2 Å². The number of rotatable bonds is 5. The van der Waals surface area contributed by atoms with Crippen LogP contribution >= 0.6 is 22.9 Å². The molecular weight excluding hydrogens is 272 g/mol. The Bertz CT molecular complexity index is 501. The highest BCUT2D eigenvalue weighted by Gasteiger charge is 2.06. The van der Waals surface area contributed by atoms with Gasteiger partial charge in [0.1, 0.15) is 0 Å². The lowest BCUT2D eigenvalue weighted by Crippen LogP contribution is -2.16. The minimum atomic E-state index is 0.186. The van der Waals surface area contributed by atoms with Crippen molar-refractivity contribution in [3.05, 3.63) is 21.9 Å². The number of thiazole rings is 1. The van der Waals surface area contributed by atoms with Crippen molar-refractivity contribution in [3.63, 3.8) is 0 Å². The van der Waals surface area contributed by atoms with Crippen LogP contribution in [0.15, 0.2) is 11.6 Å². The van der Waals surface area contributed by atoms with E-state index in [1.807, 2.05) is 19.5 Å². The van der Waals surface area contributed by atoms with Gasteiger partial charge in [0.15, 0.2) is 0 Å². The van der Waals surface area contributed by atoms with Gasteiger partial charge in [0.2, 0.25) is 17.2 Å². The zero-order valence-electron chi connectivity index (χ0n) is 10.1. The summed E-state index contributed by atoms with van der Waals surface area (Å²) in [5, 5.41) is 6.33. The molecule has 2 aromatic rings. The number of nitrogens with one attached hydrogen (secondary N) is 1. The van der Waals surface area contributed by atoms with Gasteiger partial charge in [-0.05, 0) is 11.6 Å². The van der Waals surface area contributed by atoms with Gasteiger partial charge >= 0.3 is 0 Å². The van der Waals surface area contributed by atoms with E-state index in [-0.39, 0.29) is 5.28 Å². The number of aromatic nitrogens is 4. The van der Waals surface area contributed by atoms with Crippen molar-refractivity contribution in [1.29, 1.82) is 0 Å². The first-order valence-corrected chi connectivity index (χ1v) is 6.62. The lowest BCUT2D eigenvalue weighted by Gasteiger charge is -2.11. The smallest absolute Gasteiger partial charge is 0.230 e. The first-order chi connectivity index (χ1) is 8.65. The number of halogens is 1. The van der Waals surface area contributed by atoms with E-state index in [0.717, 1.165) is 11.4 Å². The van der Waals surface area contributed by atoms with Gasteiger partial charge in [0, 0.05) is 38.6 Å². The first kappa shape index (κ1) is 13.0. The molecule has 0 bridgehead atoms. The maximum atomic E-state index is 5.83. The van der Waals surface area contributed by atoms with E-state index in [0.29, 0.717) is 18.4 Å². The van der Waals surface area contributed by atoms with Crippen LogP contribution in [0.1, 0.15) is 5.01 Å². The second-order valence-corrected chi connectivity index (χ2v) is 5.04. The minimum Gasteiger partial charge on any atom is -0.354 e. The molecule has 18 heavy (non-hydrogen) atoms. The Morgan fingerprint density at radius 1 is 1.33 bits per heavy atom. The van der Waals surface area contributed by atoms with E-state index in [2.05, 4.69) is 25.3 Å². The molecule has 2 aromatic heterocycles. The quantitative estimate of drug-likeness (QED) is 0.901. The van der Waals surface area contributed by atoms with Crippen LogP contribution in [0.2, 0.25) is 5.28 Å². The normalized spacial score (nSPS) is 10.4. The Morgan fingerprint density at radius 2 is 2.17 bits per heavy atom. The van der Waals surface area contributed by atoms with Crippen molar-refractivity contribution < 1.29 is 0 Å². The van der Waals surface area contributed by atoms with Crippen LogP contribution in [-0.2, 0) is 6.42 Å². The summed E-state index contributed by atoms with van der Waals surface area (Å²) in [6.07, 6.45) is 2.63. The molecule has 0 amide bonds. The molecule has 2 rings (SSSR count). The van der Waals surface area contributed by atoms with E-state index < -0.39 is 0 Å². The molecular formula is C10H13ClN6S. The number of nitrogens with zero attached hydrogens (tertiary/aromatic N) is 5. The molecule has 0 radical (unpaired) electrons. The van der Waals surface area contributed by atoms with Gasteiger partial charge in [-0.15, -0.1) is 11.3 Å². The van der Waals surface area contributed by atoms with E-state index >= 15 is 0 Å². The molecule has 0 saturated heterocycles. The van der Waals surface area contributed by atoms with Crippen LogP contribution in [0.25, 0.3) is 0 Å². The topological polar surface area (TPSA) is 66.8 Å². The van der Waals surface area contributed by atoms with Crippen molar-refractivity contribution in [3.8, 4) is 0 Å². The maximum absolute atomic E-state index is 5.83. The third kappa shape index (κ3) is 3.51. The molecule has 0 fully saturated rings. The highest BCUT2D eigenvalue weighted by molar-refractivity contribution is 7.09. The van der Waals surface area contributed by atoms with Crippen molar-refractivity contribution in [2.45, 2.75) is 6.42 Å². The third-order valence-electron chi connectivity index (χ3n) is 2.10. The molecule has 0 spiro atoms. The third-order valence-corrected chi connectivity index (χ3v) is 3.11. The van der Waals surface area contributed by atoms with E-state index in [1.165, 1.54) is 0 Å². The van der Waals surface area contributed by atoms with Gasteiger partial charge in [0.05, 0.1) is 5.01 Å². The van der Waals surface area contributed by atoms with Crippen LogP contribution in [0.4, 0.5) is 11.9 Å². The number of hydrogen-bond acceptors (Lipinski definition) is 7. The zero-order chi connectivity index (χ0) is 13.0. The molecule has 1 N–H and O–H groups in total. The van der Waals surface area contributed by atoms with E-state index in [9.17, 15) is 0 Å². The summed E-state index contributed by atoms with van der Waals surface area (Å²) in [7, 11) is 3.70. The second-order valence-electron chi connectivity index (χ2n) is 3.73.